The smallest absolute Gasteiger partial charge is 0.407 e. The van der Waals surface area contributed by atoms with Crippen molar-refractivity contribution in [1.82, 2.24) is 10.6 Å². The van der Waals surface area contributed by atoms with Gasteiger partial charge in [0.25, 0.3) is 0 Å². The number of ether oxygens (including phenoxy) is 1. The first kappa shape index (κ1) is 17.8. The van der Waals surface area contributed by atoms with Crippen LogP contribution in [0.25, 0.3) is 0 Å². The third-order valence-corrected chi connectivity index (χ3v) is 3.97. The van der Waals surface area contributed by atoms with Crippen LogP contribution in [-0.4, -0.2) is 17.7 Å². The average molecular weight is 318 g/mol. The fourth-order valence-corrected chi connectivity index (χ4v) is 2.61. The Morgan fingerprint density at radius 1 is 1.22 bits per heavy atom. The monoisotopic (exact) mass is 318 g/mol. The van der Waals surface area contributed by atoms with E-state index in [0.29, 0.717) is 12.6 Å². The minimum absolute atomic E-state index is 0.373. The lowest BCUT2D eigenvalue weighted by Crippen LogP contribution is -2.32. The van der Waals surface area contributed by atoms with Crippen molar-refractivity contribution in [2.24, 2.45) is 5.92 Å². The molecule has 1 saturated carbocycles. The van der Waals surface area contributed by atoms with Crippen LogP contribution in [-0.2, 0) is 17.8 Å². The molecule has 1 aromatic rings. The molecule has 1 amide bonds. The van der Waals surface area contributed by atoms with Crippen LogP contribution in [0.4, 0.5) is 4.79 Å². The highest BCUT2D eigenvalue weighted by Gasteiger charge is 2.23. The maximum atomic E-state index is 11.8. The molecule has 2 rings (SSSR count). The van der Waals surface area contributed by atoms with Gasteiger partial charge in [0.05, 0.1) is 0 Å². The lowest BCUT2D eigenvalue weighted by atomic mass is 10.1. The molecule has 0 radical (unpaired) electrons. The molecule has 1 aliphatic rings. The van der Waals surface area contributed by atoms with E-state index in [-0.39, 0.29) is 6.09 Å². The molecule has 1 atom stereocenters. The van der Waals surface area contributed by atoms with Gasteiger partial charge in [0.15, 0.2) is 0 Å². The van der Waals surface area contributed by atoms with Crippen molar-refractivity contribution in [3.8, 4) is 0 Å². The molecule has 0 aliphatic heterocycles. The van der Waals surface area contributed by atoms with Crippen LogP contribution < -0.4 is 10.6 Å². The van der Waals surface area contributed by atoms with Gasteiger partial charge < -0.3 is 15.4 Å². The van der Waals surface area contributed by atoms with Crippen LogP contribution in [0.3, 0.4) is 0 Å². The third kappa shape index (κ3) is 7.04. The molecular formula is C19H30N2O2. The second kappa shape index (κ2) is 7.82. The quantitative estimate of drug-likeness (QED) is 0.799. The Labute approximate surface area is 140 Å². The zero-order valence-electron chi connectivity index (χ0n) is 14.8. The van der Waals surface area contributed by atoms with Crippen molar-refractivity contribution in [3.05, 3.63) is 35.4 Å². The van der Waals surface area contributed by atoms with Crippen LogP contribution in [0.2, 0.25) is 0 Å². The summed E-state index contributed by atoms with van der Waals surface area (Å²) in [5.41, 5.74) is 1.89. The maximum Gasteiger partial charge on any atom is 0.407 e. The lowest BCUT2D eigenvalue weighted by Gasteiger charge is -2.20. The van der Waals surface area contributed by atoms with Gasteiger partial charge in [-0.2, -0.15) is 0 Å². The molecule has 4 heteroatoms. The average Bonchev–Trinajstić information content (AvgIpc) is 3.26. The summed E-state index contributed by atoms with van der Waals surface area (Å²) in [4.78, 5) is 11.8. The van der Waals surface area contributed by atoms with Crippen molar-refractivity contribution in [3.63, 3.8) is 0 Å². The molecular weight excluding hydrogens is 288 g/mol. The molecule has 0 aromatic heterocycles. The first-order chi connectivity index (χ1) is 10.8. The van der Waals surface area contributed by atoms with Gasteiger partial charge in [-0.1, -0.05) is 37.1 Å². The van der Waals surface area contributed by atoms with Crippen molar-refractivity contribution < 1.29 is 9.53 Å². The first-order valence-electron chi connectivity index (χ1n) is 8.60. The number of rotatable bonds is 7. The fourth-order valence-electron chi connectivity index (χ4n) is 2.61. The summed E-state index contributed by atoms with van der Waals surface area (Å²) in [6, 6.07) is 8.75. The van der Waals surface area contributed by atoms with Gasteiger partial charge in [-0.15, -0.1) is 0 Å². The van der Waals surface area contributed by atoms with E-state index < -0.39 is 5.60 Å². The van der Waals surface area contributed by atoms with Crippen molar-refractivity contribution in [2.45, 2.75) is 71.7 Å². The second-order valence-electron chi connectivity index (χ2n) is 7.59. The molecule has 1 aliphatic carbocycles. The molecule has 2 N–H and O–H groups in total. The summed E-state index contributed by atoms with van der Waals surface area (Å²) in [6.45, 7) is 9.17. The SMILES string of the molecule is CC(CC1CC1)NCc1ccccc1CNC(=O)OC(C)(C)C. The molecule has 128 valence electrons. The van der Waals surface area contributed by atoms with Crippen molar-refractivity contribution in [2.75, 3.05) is 0 Å². The predicted octanol–water partition coefficient (Wildman–Crippen LogP) is 3.99. The number of nitrogens with one attached hydrogen (secondary N) is 2. The van der Waals surface area contributed by atoms with E-state index in [2.05, 4.69) is 29.7 Å². The van der Waals surface area contributed by atoms with Gasteiger partial charge in [-0.25, -0.2) is 4.79 Å². The van der Waals surface area contributed by atoms with E-state index >= 15 is 0 Å². The molecule has 23 heavy (non-hydrogen) atoms. The lowest BCUT2D eigenvalue weighted by molar-refractivity contribution is 0.0523. The van der Waals surface area contributed by atoms with Crippen molar-refractivity contribution >= 4 is 6.09 Å². The number of hydrogen-bond donors (Lipinski definition) is 2. The highest BCUT2D eigenvalue weighted by Crippen LogP contribution is 2.33. The molecule has 0 spiro atoms. The van der Waals surface area contributed by atoms with Gasteiger partial charge in [0, 0.05) is 19.1 Å². The van der Waals surface area contributed by atoms with Crippen LogP contribution in [0.15, 0.2) is 24.3 Å². The van der Waals surface area contributed by atoms with E-state index in [1.807, 2.05) is 32.9 Å². The minimum Gasteiger partial charge on any atom is -0.444 e. The van der Waals surface area contributed by atoms with Crippen molar-refractivity contribution in [1.29, 1.82) is 0 Å². The Morgan fingerprint density at radius 2 is 1.83 bits per heavy atom. The third-order valence-electron chi connectivity index (χ3n) is 3.97. The Bertz CT molecular complexity index is 518. The normalized spacial score (nSPS) is 16.0. The number of benzene rings is 1. The Kier molecular flexibility index (Phi) is 6.05. The molecule has 1 aromatic carbocycles. The number of carbonyl (C=O) groups is 1. The largest absolute Gasteiger partial charge is 0.444 e. The Morgan fingerprint density at radius 3 is 2.39 bits per heavy atom. The van der Waals surface area contributed by atoms with Crippen LogP contribution in [0.5, 0.6) is 0 Å². The minimum atomic E-state index is -0.469. The summed E-state index contributed by atoms with van der Waals surface area (Å²) >= 11 is 0. The van der Waals surface area contributed by atoms with E-state index in [1.54, 1.807) is 0 Å². The zero-order chi connectivity index (χ0) is 16.9. The van der Waals surface area contributed by atoms with Gasteiger partial charge in [-0.3, -0.25) is 0 Å². The van der Waals surface area contributed by atoms with E-state index in [4.69, 9.17) is 4.74 Å². The molecule has 4 nitrogen and oxygen atoms in total. The Hall–Kier alpha value is -1.55. The van der Waals surface area contributed by atoms with Crippen LogP contribution in [0.1, 0.15) is 58.1 Å². The number of alkyl carbamates (subject to hydrolysis) is 1. The summed E-state index contributed by atoms with van der Waals surface area (Å²) in [5, 5.41) is 6.43. The van der Waals surface area contributed by atoms with Crippen LogP contribution >= 0.6 is 0 Å². The summed E-state index contributed by atoms with van der Waals surface area (Å²) < 4.78 is 5.28. The molecule has 1 unspecified atom stereocenters. The van der Waals surface area contributed by atoms with Gasteiger partial charge in [0.1, 0.15) is 5.60 Å². The topological polar surface area (TPSA) is 50.4 Å². The zero-order valence-corrected chi connectivity index (χ0v) is 14.8. The van der Waals surface area contributed by atoms with E-state index in [1.165, 1.54) is 24.8 Å². The highest BCUT2D eigenvalue weighted by atomic mass is 16.6. The van der Waals surface area contributed by atoms with Crippen LogP contribution in [0, 0.1) is 5.92 Å². The molecule has 0 saturated heterocycles. The summed E-state index contributed by atoms with van der Waals surface area (Å²) in [7, 11) is 0. The predicted molar refractivity (Wildman–Crippen MR) is 93.2 cm³/mol. The molecule has 0 heterocycles. The molecule has 1 fully saturated rings. The number of hydrogen-bond acceptors (Lipinski definition) is 3. The fraction of sp³-hybridized carbons (Fsp3) is 0.632. The standard InChI is InChI=1S/C19H30N2O2/c1-14(11-15-9-10-15)20-12-16-7-5-6-8-17(16)13-21-18(22)23-19(2,3)4/h5-8,14-15,20H,9-13H2,1-4H3,(H,21,22). The van der Waals surface area contributed by atoms with Gasteiger partial charge in [0.2, 0.25) is 0 Å². The Balaban J connectivity index is 1.82. The second-order valence-corrected chi connectivity index (χ2v) is 7.59. The summed E-state index contributed by atoms with van der Waals surface area (Å²) in [5.74, 6) is 0.932. The molecule has 0 bridgehead atoms. The summed E-state index contributed by atoms with van der Waals surface area (Å²) in [6.07, 6.45) is 3.67. The van der Waals surface area contributed by atoms with Gasteiger partial charge in [-0.05, 0) is 51.2 Å². The van der Waals surface area contributed by atoms with E-state index in [0.717, 1.165) is 18.0 Å². The first-order valence-corrected chi connectivity index (χ1v) is 8.60. The van der Waals surface area contributed by atoms with E-state index in [9.17, 15) is 4.79 Å². The maximum absolute atomic E-state index is 11.8. The number of carbonyl (C=O) groups excluding carboxylic acids is 1. The number of amides is 1. The van der Waals surface area contributed by atoms with Gasteiger partial charge >= 0.3 is 6.09 Å². The highest BCUT2D eigenvalue weighted by molar-refractivity contribution is 5.67.